The van der Waals surface area contributed by atoms with Crippen molar-refractivity contribution in [3.63, 3.8) is 0 Å². The Kier molecular flexibility index (Phi) is 4.04. The van der Waals surface area contributed by atoms with Crippen LogP contribution >= 0.6 is 0 Å². The number of piperidine rings is 1. The third-order valence-corrected chi connectivity index (χ3v) is 4.75. The number of para-hydroxylation sites is 1. The first-order valence-electron chi connectivity index (χ1n) is 7.61. The van der Waals surface area contributed by atoms with Crippen molar-refractivity contribution in [3.8, 4) is 0 Å². The number of nitrogens with zero attached hydrogens (tertiary/aromatic N) is 2. The Balaban J connectivity index is 1.53. The average molecular weight is 259 g/mol. The minimum absolute atomic E-state index is 0.743. The number of likely N-dealkylation sites (tertiary alicyclic amines) is 1. The molecule has 2 aliphatic heterocycles. The molecule has 0 aliphatic carbocycles. The van der Waals surface area contributed by atoms with E-state index in [1.807, 2.05) is 0 Å². The molecule has 2 aliphatic rings. The highest BCUT2D eigenvalue weighted by Gasteiger charge is 2.29. The van der Waals surface area contributed by atoms with E-state index in [0.29, 0.717) is 0 Å². The van der Waals surface area contributed by atoms with Crippen LogP contribution in [0.15, 0.2) is 30.3 Å². The molecule has 1 aromatic rings. The van der Waals surface area contributed by atoms with Gasteiger partial charge in [-0.1, -0.05) is 18.2 Å². The minimum Gasteiger partial charge on any atom is -0.371 e. The monoisotopic (exact) mass is 259 g/mol. The van der Waals surface area contributed by atoms with Crippen LogP contribution in [0.3, 0.4) is 0 Å². The van der Waals surface area contributed by atoms with Crippen LogP contribution in [0.1, 0.15) is 19.3 Å². The van der Waals surface area contributed by atoms with Gasteiger partial charge in [0.2, 0.25) is 0 Å². The van der Waals surface area contributed by atoms with E-state index in [0.717, 1.165) is 18.5 Å². The number of hydrogen-bond acceptors (Lipinski definition) is 3. The number of benzene rings is 1. The third kappa shape index (κ3) is 2.93. The van der Waals surface area contributed by atoms with E-state index in [9.17, 15) is 0 Å². The Bertz CT molecular complexity index is 384. The first-order chi connectivity index (χ1) is 9.36. The van der Waals surface area contributed by atoms with E-state index < -0.39 is 0 Å². The standard InChI is InChI=1S/C16H25N3/c17-12-14-6-9-19(13-14)16-7-10-18(11-8-16)15-4-2-1-3-5-15/h1-5,14,16H,6-13,17H2. The molecule has 2 saturated heterocycles. The summed E-state index contributed by atoms with van der Waals surface area (Å²) in [4.78, 5) is 5.20. The van der Waals surface area contributed by atoms with Gasteiger partial charge in [0, 0.05) is 31.4 Å². The van der Waals surface area contributed by atoms with Crippen LogP contribution in [-0.2, 0) is 0 Å². The molecule has 2 heterocycles. The second-order valence-electron chi connectivity index (χ2n) is 5.94. The van der Waals surface area contributed by atoms with Gasteiger partial charge in [0.25, 0.3) is 0 Å². The Morgan fingerprint density at radius 3 is 2.37 bits per heavy atom. The summed E-state index contributed by atoms with van der Waals surface area (Å²) in [5, 5.41) is 0. The van der Waals surface area contributed by atoms with Gasteiger partial charge < -0.3 is 10.6 Å². The SMILES string of the molecule is NCC1CCN(C2CCN(c3ccccc3)CC2)C1. The lowest BCUT2D eigenvalue weighted by Crippen LogP contribution is -2.44. The Morgan fingerprint density at radius 1 is 1.00 bits per heavy atom. The lowest BCUT2D eigenvalue weighted by molar-refractivity contribution is 0.201. The highest BCUT2D eigenvalue weighted by Crippen LogP contribution is 2.26. The van der Waals surface area contributed by atoms with Crippen molar-refractivity contribution in [2.24, 2.45) is 11.7 Å². The summed E-state index contributed by atoms with van der Waals surface area (Å²) in [5.41, 5.74) is 7.17. The lowest BCUT2D eigenvalue weighted by Gasteiger charge is -2.38. The summed E-state index contributed by atoms with van der Waals surface area (Å²) in [6, 6.07) is 11.6. The summed E-state index contributed by atoms with van der Waals surface area (Å²) in [5.74, 6) is 0.743. The highest BCUT2D eigenvalue weighted by atomic mass is 15.2. The fourth-order valence-corrected chi connectivity index (χ4v) is 3.51. The average Bonchev–Trinajstić information content (AvgIpc) is 2.97. The van der Waals surface area contributed by atoms with Gasteiger partial charge in [-0.25, -0.2) is 0 Å². The molecule has 3 heteroatoms. The summed E-state index contributed by atoms with van der Waals surface area (Å²) in [6.45, 7) is 5.74. The molecule has 2 N–H and O–H groups in total. The molecular weight excluding hydrogens is 234 g/mol. The van der Waals surface area contributed by atoms with Crippen molar-refractivity contribution in [1.29, 1.82) is 0 Å². The van der Waals surface area contributed by atoms with Gasteiger partial charge in [-0.2, -0.15) is 0 Å². The van der Waals surface area contributed by atoms with Crippen molar-refractivity contribution < 1.29 is 0 Å². The van der Waals surface area contributed by atoms with Gasteiger partial charge in [-0.3, -0.25) is 4.90 Å². The molecule has 104 valence electrons. The van der Waals surface area contributed by atoms with E-state index in [1.54, 1.807) is 0 Å². The van der Waals surface area contributed by atoms with Crippen LogP contribution in [0.25, 0.3) is 0 Å². The van der Waals surface area contributed by atoms with E-state index in [4.69, 9.17) is 5.73 Å². The summed E-state index contributed by atoms with van der Waals surface area (Å²) in [6.07, 6.45) is 3.90. The number of rotatable bonds is 3. The molecule has 1 unspecified atom stereocenters. The van der Waals surface area contributed by atoms with Crippen LogP contribution in [0, 0.1) is 5.92 Å². The topological polar surface area (TPSA) is 32.5 Å². The maximum atomic E-state index is 5.79. The molecule has 2 fully saturated rings. The molecule has 0 aromatic heterocycles. The largest absolute Gasteiger partial charge is 0.371 e. The smallest absolute Gasteiger partial charge is 0.0366 e. The van der Waals surface area contributed by atoms with Crippen molar-refractivity contribution >= 4 is 5.69 Å². The van der Waals surface area contributed by atoms with E-state index in [-0.39, 0.29) is 0 Å². The van der Waals surface area contributed by atoms with E-state index >= 15 is 0 Å². The first-order valence-corrected chi connectivity index (χ1v) is 7.61. The first kappa shape index (κ1) is 12.9. The molecule has 0 spiro atoms. The maximum absolute atomic E-state index is 5.79. The second-order valence-corrected chi connectivity index (χ2v) is 5.94. The van der Waals surface area contributed by atoms with E-state index in [2.05, 4.69) is 40.1 Å². The third-order valence-electron chi connectivity index (χ3n) is 4.75. The maximum Gasteiger partial charge on any atom is 0.0366 e. The predicted octanol–water partition coefficient (Wildman–Crippen LogP) is 1.94. The summed E-state index contributed by atoms with van der Waals surface area (Å²) >= 11 is 0. The molecule has 0 amide bonds. The fraction of sp³-hybridized carbons (Fsp3) is 0.625. The predicted molar refractivity (Wildman–Crippen MR) is 80.4 cm³/mol. The van der Waals surface area contributed by atoms with Crippen LogP contribution in [-0.4, -0.2) is 43.7 Å². The number of nitrogens with two attached hydrogens (primary N) is 1. The van der Waals surface area contributed by atoms with Gasteiger partial charge in [0.15, 0.2) is 0 Å². The normalized spacial score (nSPS) is 25.9. The van der Waals surface area contributed by atoms with Crippen LogP contribution in [0.4, 0.5) is 5.69 Å². The van der Waals surface area contributed by atoms with Crippen molar-refractivity contribution in [1.82, 2.24) is 4.90 Å². The Labute approximate surface area is 116 Å². The molecule has 0 saturated carbocycles. The van der Waals surface area contributed by atoms with Crippen LogP contribution < -0.4 is 10.6 Å². The van der Waals surface area contributed by atoms with Crippen molar-refractivity contribution in [2.45, 2.75) is 25.3 Å². The molecule has 0 radical (unpaired) electrons. The van der Waals surface area contributed by atoms with Gasteiger partial charge in [-0.05, 0) is 50.4 Å². The van der Waals surface area contributed by atoms with Gasteiger partial charge in [-0.15, -0.1) is 0 Å². The Morgan fingerprint density at radius 2 is 1.74 bits per heavy atom. The van der Waals surface area contributed by atoms with Crippen molar-refractivity contribution in [2.75, 3.05) is 37.6 Å². The molecule has 0 bridgehead atoms. The zero-order chi connectivity index (χ0) is 13.1. The van der Waals surface area contributed by atoms with Crippen molar-refractivity contribution in [3.05, 3.63) is 30.3 Å². The van der Waals surface area contributed by atoms with Crippen LogP contribution in [0.2, 0.25) is 0 Å². The lowest BCUT2D eigenvalue weighted by atomic mass is 10.0. The summed E-state index contributed by atoms with van der Waals surface area (Å²) in [7, 11) is 0. The summed E-state index contributed by atoms with van der Waals surface area (Å²) < 4.78 is 0. The molecule has 3 nitrogen and oxygen atoms in total. The molecular formula is C16H25N3. The second kappa shape index (κ2) is 5.93. The number of anilines is 1. The quantitative estimate of drug-likeness (QED) is 0.900. The zero-order valence-electron chi connectivity index (χ0n) is 11.7. The van der Waals surface area contributed by atoms with Gasteiger partial charge in [0.1, 0.15) is 0 Å². The highest BCUT2D eigenvalue weighted by molar-refractivity contribution is 5.46. The zero-order valence-corrected chi connectivity index (χ0v) is 11.7. The van der Waals surface area contributed by atoms with Crippen LogP contribution in [0.5, 0.6) is 0 Å². The van der Waals surface area contributed by atoms with Gasteiger partial charge >= 0.3 is 0 Å². The van der Waals surface area contributed by atoms with Gasteiger partial charge in [0.05, 0.1) is 0 Å². The number of hydrogen-bond donors (Lipinski definition) is 1. The Hall–Kier alpha value is -1.06. The minimum atomic E-state index is 0.743. The molecule has 1 atom stereocenters. The van der Waals surface area contributed by atoms with E-state index in [1.165, 1.54) is 51.1 Å². The fourth-order valence-electron chi connectivity index (χ4n) is 3.51. The molecule has 19 heavy (non-hydrogen) atoms. The molecule has 3 rings (SSSR count). The molecule has 1 aromatic carbocycles.